The Hall–Kier alpha value is -3.45. The fourth-order valence-corrected chi connectivity index (χ4v) is 2.75. The number of aryl methyl sites for hydroxylation is 1. The highest BCUT2D eigenvalue weighted by Gasteiger charge is 2.23. The summed E-state index contributed by atoms with van der Waals surface area (Å²) in [6.07, 6.45) is 0. The van der Waals surface area contributed by atoms with Gasteiger partial charge in [-0.1, -0.05) is 47.1 Å². The number of rotatable bonds is 5. The molecule has 0 spiro atoms. The lowest BCUT2D eigenvalue weighted by Crippen LogP contribution is -2.07. The number of carbonyl (C=O) groups excluding carboxylic acids is 1. The van der Waals surface area contributed by atoms with E-state index in [4.69, 9.17) is 25.3 Å². The quantitative estimate of drug-likeness (QED) is 0.452. The molecule has 0 fully saturated rings. The molecule has 7 nitrogen and oxygen atoms in total. The Morgan fingerprint density at radius 3 is 2.54 bits per heavy atom. The molecule has 0 bridgehead atoms. The molecule has 2 aromatic carbocycles. The van der Waals surface area contributed by atoms with Crippen LogP contribution in [0.1, 0.15) is 22.0 Å². The standard InChI is InChI=1S/C20H14ClN3O4/c1-12-17(18(24-28-12)13-5-3-2-4-6-13)20(25)26-11-16-22-23-19(27-16)14-7-9-15(21)10-8-14/h2-10H,11H2,1H3. The van der Waals surface area contributed by atoms with Crippen LogP contribution >= 0.6 is 11.6 Å². The fourth-order valence-electron chi connectivity index (χ4n) is 2.63. The van der Waals surface area contributed by atoms with Crippen LogP contribution in [0.5, 0.6) is 0 Å². The number of halogens is 1. The summed E-state index contributed by atoms with van der Waals surface area (Å²) in [6.45, 7) is 1.49. The Morgan fingerprint density at radius 1 is 1.04 bits per heavy atom. The zero-order valence-electron chi connectivity index (χ0n) is 14.8. The Labute approximate surface area is 164 Å². The summed E-state index contributed by atoms with van der Waals surface area (Å²) >= 11 is 5.87. The number of aromatic nitrogens is 3. The maximum atomic E-state index is 12.6. The zero-order valence-corrected chi connectivity index (χ0v) is 15.5. The third-order valence-corrected chi connectivity index (χ3v) is 4.25. The van der Waals surface area contributed by atoms with Gasteiger partial charge in [0.25, 0.3) is 5.89 Å². The molecule has 4 aromatic rings. The molecule has 0 saturated heterocycles. The molecule has 0 aliphatic carbocycles. The van der Waals surface area contributed by atoms with Crippen molar-refractivity contribution in [2.75, 3.05) is 0 Å². The monoisotopic (exact) mass is 395 g/mol. The molecule has 2 heterocycles. The number of hydrogen-bond acceptors (Lipinski definition) is 7. The minimum Gasteiger partial charge on any atom is -0.452 e. The van der Waals surface area contributed by atoms with Crippen LogP contribution in [0, 0.1) is 6.92 Å². The second-order valence-corrected chi connectivity index (χ2v) is 6.35. The Kier molecular flexibility index (Phi) is 4.90. The minimum atomic E-state index is -0.580. The first kappa shape index (κ1) is 17.9. The molecule has 0 unspecified atom stereocenters. The summed E-state index contributed by atoms with van der Waals surface area (Å²) in [5, 5.41) is 12.4. The van der Waals surface area contributed by atoms with Crippen molar-refractivity contribution >= 4 is 17.6 Å². The molecule has 140 valence electrons. The van der Waals surface area contributed by atoms with Gasteiger partial charge in [-0.15, -0.1) is 10.2 Å². The largest absolute Gasteiger partial charge is 0.452 e. The van der Waals surface area contributed by atoms with Crippen LogP contribution in [0.4, 0.5) is 0 Å². The van der Waals surface area contributed by atoms with Gasteiger partial charge in [-0.2, -0.15) is 0 Å². The Morgan fingerprint density at radius 2 is 1.79 bits per heavy atom. The second-order valence-electron chi connectivity index (χ2n) is 5.91. The van der Waals surface area contributed by atoms with E-state index in [9.17, 15) is 4.79 Å². The zero-order chi connectivity index (χ0) is 19.5. The van der Waals surface area contributed by atoms with Crippen molar-refractivity contribution in [2.24, 2.45) is 0 Å². The number of esters is 1. The molecule has 0 radical (unpaired) electrons. The van der Waals surface area contributed by atoms with Gasteiger partial charge in [0.1, 0.15) is 17.0 Å². The van der Waals surface area contributed by atoms with Crippen molar-refractivity contribution in [3.8, 4) is 22.7 Å². The smallest absolute Gasteiger partial charge is 0.344 e. The van der Waals surface area contributed by atoms with Crippen molar-refractivity contribution in [3.05, 3.63) is 76.8 Å². The first-order chi connectivity index (χ1) is 13.6. The SMILES string of the molecule is Cc1onc(-c2ccccc2)c1C(=O)OCc1nnc(-c2ccc(Cl)cc2)o1. The van der Waals surface area contributed by atoms with Gasteiger partial charge in [-0.25, -0.2) is 4.79 Å². The van der Waals surface area contributed by atoms with Crippen LogP contribution in [0.2, 0.25) is 5.02 Å². The predicted octanol–water partition coefficient (Wildman–Crippen LogP) is 4.71. The van der Waals surface area contributed by atoms with E-state index >= 15 is 0 Å². The van der Waals surface area contributed by atoms with Crippen molar-refractivity contribution in [3.63, 3.8) is 0 Å². The van der Waals surface area contributed by atoms with Crippen LogP contribution in [0.25, 0.3) is 22.7 Å². The fraction of sp³-hybridized carbons (Fsp3) is 0.100. The van der Waals surface area contributed by atoms with Crippen LogP contribution in [0.15, 0.2) is 63.5 Å². The van der Waals surface area contributed by atoms with Gasteiger partial charge < -0.3 is 13.7 Å². The lowest BCUT2D eigenvalue weighted by atomic mass is 10.1. The number of carbonyl (C=O) groups is 1. The predicted molar refractivity (Wildman–Crippen MR) is 101 cm³/mol. The highest BCUT2D eigenvalue weighted by molar-refractivity contribution is 6.30. The number of ether oxygens (including phenoxy) is 1. The van der Waals surface area contributed by atoms with E-state index in [0.717, 1.165) is 11.1 Å². The van der Waals surface area contributed by atoms with Crippen LogP contribution in [-0.2, 0) is 11.3 Å². The van der Waals surface area contributed by atoms with Gasteiger partial charge in [0, 0.05) is 16.1 Å². The molecule has 0 aliphatic rings. The van der Waals surface area contributed by atoms with Crippen molar-refractivity contribution in [1.29, 1.82) is 0 Å². The van der Waals surface area contributed by atoms with E-state index in [-0.39, 0.29) is 18.1 Å². The third-order valence-electron chi connectivity index (χ3n) is 4.00. The van der Waals surface area contributed by atoms with E-state index < -0.39 is 5.97 Å². The highest BCUT2D eigenvalue weighted by Crippen LogP contribution is 2.26. The van der Waals surface area contributed by atoms with Gasteiger partial charge in [0.2, 0.25) is 5.89 Å². The van der Waals surface area contributed by atoms with Crippen LogP contribution in [0.3, 0.4) is 0 Å². The van der Waals surface area contributed by atoms with E-state index in [2.05, 4.69) is 15.4 Å². The van der Waals surface area contributed by atoms with Crippen LogP contribution in [-0.4, -0.2) is 21.3 Å². The maximum Gasteiger partial charge on any atom is 0.344 e. The third kappa shape index (κ3) is 3.65. The summed E-state index contributed by atoms with van der Waals surface area (Å²) < 4.78 is 16.1. The molecule has 28 heavy (non-hydrogen) atoms. The molecule has 0 amide bonds. The molecule has 0 saturated carbocycles. The Balaban J connectivity index is 1.49. The number of benzene rings is 2. The van der Waals surface area contributed by atoms with Gasteiger partial charge >= 0.3 is 5.97 Å². The van der Waals surface area contributed by atoms with E-state index in [1.807, 2.05) is 30.3 Å². The first-order valence-electron chi connectivity index (χ1n) is 8.39. The summed E-state index contributed by atoms with van der Waals surface area (Å²) in [5.74, 6) is 0.280. The molecule has 2 aromatic heterocycles. The maximum absolute atomic E-state index is 12.6. The summed E-state index contributed by atoms with van der Waals surface area (Å²) in [6, 6.07) is 16.2. The number of nitrogens with zero attached hydrogens (tertiary/aromatic N) is 3. The van der Waals surface area contributed by atoms with Crippen molar-refractivity contribution in [1.82, 2.24) is 15.4 Å². The average molecular weight is 396 g/mol. The Bertz CT molecular complexity index is 1100. The van der Waals surface area contributed by atoms with Gasteiger partial charge in [-0.05, 0) is 31.2 Å². The number of hydrogen-bond donors (Lipinski definition) is 0. The molecular formula is C20H14ClN3O4. The summed E-state index contributed by atoms with van der Waals surface area (Å²) in [4.78, 5) is 12.6. The van der Waals surface area contributed by atoms with Crippen molar-refractivity contribution < 1.29 is 18.5 Å². The molecule has 0 aliphatic heterocycles. The van der Waals surface area contributed by atoms with Crippen LogP contribution < -0.4 is 0 Å². The molecule has 4 rings (SSSR count). The minimum absolute atomic E-state index is 0.168. The second kappa shape index (κ2) is 7.66. The van der Waals surface area contributed by atoms with Gasteiger partial charge in [0.15, 0.2) is 6.61 Å². The molecule has 0 atom stereocenters. The first-order valence-corrected chi connectivity index (χ1v) is 8.77. The van der Waals surface area contributed by atoms with E-state index in [1.165, 1.54) is 0 Å². The van der Waals surface area contributed by atoms with E-state index in [0.29, 0.717) is 22.4 Å². The molecule has 8 heteroatoms. The summed E-state index contributed by atoms with van der Waals surface area (Å²) in [7, 11) is 0. The lowest BCUT2D eigenvalue weighted by Gasteiger charge is -2.03. The normalized spacial score (nSPS) is 10.8. The van der Waals surface area contributed by atoms with Crippen molar-refractivity contribution in [2.45, 2.75) is 13.5 Å². The van der Waals surface area contributed by atoms with Gasteiger partial charge in [-0.3, -0.25) is 0 Å². The average Bonchev–Trinajstić information content (AvgIpc) is 3.34. The molecule has 0 N–H and O–H groups in total. The molecular weight excluding hydrogens is 382 g/mol. The highest BCUT2D eigenvalue weighted by atomic mass is 35.5. The topological polar surface area (TPSA) is 91.2 Å². The van der Waals surface area contributed by atoms with Gasteiger partial charge in [0.05, 0.1) is 0 Å². The van der Waals surface area contributed by atoms with E-state index in [1.54, 1.807) is 31.2 Å². The summed E-state index contributed by atoms with van der Waals surface area (Å²) in [5.41, 5.74) is 2.17. The lowest BCUT2D eigenvalue weighted by molar-refractivity contribution is 0.0437.